The lowest BCUT2D eigenvalue weighted by molar-refractivity contribution is -0.117. The van der Waals surface area contributed by atoms with Crippen molar-refractivity contribution in [2.24, 2.45) is 0 Å². The number of hydrogen-bond donors (Lipinski definition) is 2. The van der Waals surface area contributed by atoms with Gasteiger partial charge in [-0.15, -0.1) is 0 Å². The molecule has 1 aliphatic heterocycles. The fourth-order valence-electron chi connectivity index (χ4n) is 2.12. The van der Waals surface area contributed by atoms with E-state index >= 15 is 0 Å². The lowest BCUT2D eigenvalue weighted by Gasteiger charge is -2.16. The van der Waals surface area contributed by atoms with Gasteiger partial charge in [-0.1, -0.05) is 12.1 Å². The number of aliphatic hydroxyl groups excluding tert-OH is 1. The number of halogens is 2. The highest BCUT2D eigenvalue weighted by Gasteiger charge is 2.22. The largest absolute Gasteiger partial charge is 0.433 e. The summed E-state index contributed by atoms with van der Waals surface area (Å²) in [6.07, 6.45) is 0.232. The zero-order chi connectivity index (χ0) is 14.5. The van der Waals surface area contributed by atoms with Crippen molar-refractivity contribution < 1.29 is 23.4 Å². The normalized spacial score (nSPS) is 19.3. The lowest BCUT2D eigenvalue weighted by Crippen LogP contribution is -2.32. The van der Waals surface area contributed by atoms with Gasteiger partial charge in [-0.2, -0.15) is 8.78 Å². The average molecular weight is 286 g/mol. The molecular formula is C13H16F2N2O3. The minimum Gasteiger partial charge on any atom is -0.433 e. The fourth-order valence-corrected chi connectivity index (χ4v) is 2.12. The Kier molecular flexibility index (Phi) is 4.86. The first-order valence-electron chi connectivity index (χ1n) is 6.28. The molecule has 2 rings (SSSR count). The molecule has 5 nitrogen and oxygen atoms in total. The molecule has 20 heavy (non-hydrogen) atoms. The van der Waals surface area contributed by atoms with E-state index in [2.05, 4.69) is 10.1 Å². The number of benzene rings is 1. The van der Waals surface area contributed by atoms with Gasteiger partial charge in [0.05, 0.1) is 18.3 Å². The molecule has 2 N–H and O–H groups in total. The summed E-state index contributed by atoms with van der Waals surface area (Å²) in [6, 6.07) is 6.02. The third-order valence-electron chi connectivity index (χ3n) is 2.99. The van der Waals surface area contributed by atoms with Crippen LogP contribution in [0.15, 0.2) is 24.3 Å². The van der Waals surface area contributed by atoms with Crippen LogP contribution >= 0.6 is 0 Å². The van der Waals surface area contributed by atoms with Crippen LogP contribution in [0.25, 0.3) is 0 Å². The molecule has 1 heterocycles. The van der Waals surface area contributed by atoms with Crippen molar-refractivity contribution in [3.8, 4) is 5.75 Å². The number of carbonyl (C=O) groups excluding carboxylic acids is 1. The standard InChI is InChI=1S/C13H16F2N2O3/c14-13(15)20-11-4-2-1-3-10(11)16-12(19)8-17-6-5-9(18)7-17/h1-4,9,13,18H,5-8H2,(H,16,19)/t9-/m0/s1. The number of rotatable bonds is 5. The van der Waals surface area contributed by atoms with E-state index in [9.17, 15) is 18.7 Å². The predicted molar refractivity (Wildman–Crippen MR) is 68.8 cm³/mol. The molecule has 1 atom stereocenters. The SMILES string of the molecule is O=C(CN1CC[C@H](O)C1)Nc1ccccc1OC(F)F. The Bertz CT molecular complexity index is 471. The lowest BCUT2D eigenvalue weighted by atomic mass is 10.3. The van der Waals surface area contributed by atoms with Gasteiger partial charge in [0.1, 0.15) is 5.75 Å². The quantitative estimate of drug-likeness (QED) is 0.856. The number of nitrogens with zero attached hydrogens (tertiary/aromatic N) is 1. The monoisotopic (exact) mass is 286 g/mol. The first-order chi connectivity index (χ1) is 9.54. The van der Waals surface area contributed by atoms with Gasteiger partial charge in [0, 0.05) is 13.1 Å². The van der Waals surface area contributed by atoms with Crippen molar-refractivity contribution in [1.29, 1.82) is 0 Å². The Morgan fingerprint density at radius 1 is 1.50 bits per heavy atom. The molecule has 1 aliphatic rings. The molecule has 0 aromatic heterocycles. The molecule has 1 aromatic carbocycles. The zero-order valence-corrected chi connectivity index (χ0v) is 10.8. The second kappa shape index (κ2) is 6.62. The van der Waals surface area contributed by atoms with E-state index in [1.54, 1.807) is 17.0 Å². The molecule has 1 aromatic rings. The predicted octanol–water partition coefficient (Wildman–Crippen LogP) is 1.29. The Labute approximate surface area is 115 Å². The van der Waals surface area contributed by atoms with Crippen LogP contribution in [0.2, 0.25) is 0 Å². The van der Waals surface area contributed by atoms with Crippen LogP contribution in [0.5, 0.6) is 5.75 Å². The number of anilines is 1. The van der Waals surface area contributed by atoms with Gasteiger partial charge in [-0.05, 0) is 18.6 Å². The number of carbonyl (C=O) groups is 1. The van der Waals surface area contributed by atoms with Crippen LogP contribution in [-0.2, 0) is 4.79 Å². The molecular weight excluding hydrogens is 270 g/mol. The van der Waals surface area contributed by atoms with Crippen molar-refractivity contribution in [2.75, 3.05) is 25.0 Å². The Balaban J connectivity index is 1.93. The molecule has 0 aliphatic carbocycles. The summed E-state index contributed by atoms with van der Waals surface area (Å²) in [5, 5.41) is 11.9. The average Bonchev–Trinajstić information content (AvgIpc) is 2.76. The summed E-state index contributed by atoms with van der Waals surface area (Å²) in [5.41, 5.74) is 0.206. The topological polar surface area (TPSA) is 61.8 Å². The van der Waals surface area contributed by atoms with E-state index in [1.165, 1.54) is 12.1 Å². The highest BCUT2D eigenvalue weighted by molar-refractivity contribution is 5.93. The highest BCUT2D eigenvalue weighted by Crippen LogP contribution is 2.25. The highest BCUT2D eigenvalue weighted by atomic mass is 19.3. The summed E-state index contributed by atoms with van der Waals surface area (Å²) in [4.78, 5) is 13.6. The second-order valence-corrected chi connectivity index (χ2v) is 4.60. The van der Waals surface area contributed by atoms with Crippen molar-refractivity contribution in [3.63, 3.8) is 0 Å². The fraction of sp³-hybridized carbons (Fsp3) is 0.462. The van der Waals surface area contributed by atoms with Gasteiger partial charge in [-0.3, -0.25) is 9.69 Å². The maximum Gasteiger partial charge on any atom is 0.387 e. The molecule has 7 heteroatoms. The number of para-hydroxylation sites is 2. The molecule has 110 valence electrons. The van der Waals surface area contributed by atoms with Crippen LogP contribution < -0.4 is 10.1 Å². The first kappa shape index (κ1) is 14.7. The Morgan fingerprint density at radius 3 is 2.90 bits per heavy atom. The number of alkyl halides is 2. The van der Waals surface area contributed by atoms with Crippen LogP contribution in [0, 0.1) is 0 Å². The molecule has 0 unspecified atom stereocenters. The zero-order valence-electron chi connectivity index (χ0n) is 10.8. The van der Waals surface area contributed by atoms with Crippen LogP contribution in [0.1, 0.15) is 6.42 Å². The minimum atomic E-state index is -2.94. The minimum absolute atomic E-state index is 0.0719. The maximum atomic E-state index is 12.2. The van der Waals surface area contributed by atoms with Gasteiger partial charge in [0.15, 0.2) is 0 Å². The number of hydrogen-bond acceptors (Lipinski definition) is 4. The number of β-amino-alcohol motifs (C(OH)–C–C–N with tert-alkyl or cyclic N) is 1. The molecule has 1 fully saturated rings. The number of nitrogens with one attached hydrogen (secondary N) is 1. The smallest absolute Gasteiger partial charge is 0.387 e. The molecule has 1 saturated heterocycles. The number of amides is 1. The van der Waals surface area contributed by atoms with Crippen molar-refractivity contribution >= 4 is 11.6 Å². The molecule has 1 amide bonds. The number of ether oxygens (including phenoxy) is 1. The maximum absolute atomic E-state index is 12.2. The van der Waals surface area contributed by atoms with Crippen LogP contribution in [-0.4, -0.2) is 48.3 Å². The van der Waals surface area contributed by atoms with Crippen LogP contribution in [0.3, 0.4) is 0 Å². The van der Waals surface area contributed by atoms with E-state index < -0.39 is 12.7 Å². The number of aliphatic hydroxyl groups is 1. The summed E-state index contributed by atoms with van der Waals surface area (Å²) < 4.78 is 28.8. The molecule has 0 saturated carbocycles. The summed E-state index contributed by atoms with van der Waals surface area (Å²) in [6.45, 7) is -1.74. The van der Waals surface area contributed by atoms with Gasteiger partial charge in [-0.25, -0.2) is 0 Å². The molecule has 0 bridgehead atoms. The third kappa shape index (κ3) is 4.14. The first-order valence-corrected chi connectivity index (χ1v) is 6.28. The second-order valence-electron chi connectivity index (χ2n) is 4.60. The number of likely N-dealkylation sites (tertiary alicyclic amines) is 1. The van der Waals surface area contributed by atoms with Gasteiger partial charge in [0.25, 0.3) is 0 Å². The Hall–Kier alpha value is -1.73. The third-order valence-corrected chi connectivity index (χ3v) is 2.99. The van der Waals surface area contributed by atoms with Crippen LogP contribution in [0.4, 0.5) is 14.5 Å². The van der Waals surface area contributed by atoms with Crippen molar-refractivity contribution in [3.05, 3.63) is 24.3 Å². The van der Waals surface area contributed by atoms with Crippen molar-refractivity contribution in [1.82, 2.24) is 4.90 Å². The van der Waals surface area contributed by atoms with E-state index in [4.69, 9.17) is 0 Å². The van der Waals surface area contributed by atoms with Gasteiger partial charge in [0.2, 0.25) is 5.91 Å². The Morgan fingerprint density at radius 2 is 2.25 bits per heavy atom. The van der Waals surface area contributed by atoms with E-state index in [1.807, 2.05) is 0 Å². The van der Waals surface area contributed by atoms with E-state index in [0.29, 0.717) is 19.5 Å². The molecule has 0 radical (unpaired) electrons. The van der Waals surface area contributed by atoms with E-state index in [0.717, 1.165) is 0 Å². The summed E-state index contributed by atoms with van der Waals surface area (Å²) in [5.74, 6) is -0.401. The molecule has 0 spiro atoms. The van der Waals surface area contributed by atoms with Crippen molar-refractivity contribution in [2.45, 2.75) is 19.1 Å². The van der Waals surface area contributed by atoms with E-state index in [-0.39, 0.29) is 23.9 Å². The summed E-state index contributed by atoms with van der Waals surface area (Å²) in [7, 11) is 0. The van der Waals surface area contributed by atoms with Gasteiger partial charge >= 0.3 is 6.61 Å². The summed E-state index contributed by atoms with van der Waals surface area (Å²) >= 11 is 0. The van der Waals surface area contributed by atoms with Gasteiger partial charge < -0.3 is 15.2 Å².